The monoisotopic (exact) mass is 555 g/mol. The molecule has 212 valence electrons. The van der Waals surface area contributed by atoms with E-state index in [9.17, 15) is 35.9 Å². The molecule has 0 radical (unpaired) electrons. The van der Waals surface area contributed by atoms with Gasteiger partial charge in [-0.2, -0.15) is 26.3 Å². The van der Waals surface area contributed by atoms with Crippen LogP contribution in [0.5, 0.6) is 0 Å². The number of fused-ring (bicyclic) bond motifs is 3. The number of benzene rings is 2. The van der Waals surface area contributed by atoms with Crippen molar-refractivity contribution < 1.29 is 31.1 Å². The maximum absolute atomic E-state index is 13.9. The Kier molecular flexibility index (Phi) is 9.02. The van der Waals surface area contributed by atoms with Crippen LogP contribution in [-0.4, -0.2) is 23.0 Å². The second-order valence-electron chi connectivity index (χ2n) is 8.81. The minimum absolute atomic E-state index is 0.151. The Morgan fingerprint density at radius 2 is 1.44 bits per heavy atom. The van der Waals surface area contributed by atoms with E-state index in [1.54, 1.807) is 0 Å². The number of anilines is 2. The molecular weight excluding hydrogens is 524 g/mol. The lowest BCUT2D eigenvalue weighted by molar-refractivity contribution is -0.137. The van der Waals surface area contributed by atoms with Gasteiger partial charge in [0.2, 0.25) is 5.43 Å². The maximum atomic E-state index is 13.9. The van der Waals surface area contributed by atoms with Gasteiger partial charge in [0, 0.05) is 29.5 Å². The molecule has 3 heterocycles. The second kappa shape index (κ2) is 11.7. The van der Waals surface area contributed by atoms with E-state index in [1.807, 2.05) is 32.6 Å². The third kappa shape index (κ3) is 5.91. The maximum Gasteiger partial charge on any atom is 0.418 e. The third-order valence-electron chi connectivity index (χ3n) is 6.77. The van der Waals surface area contributed by atoms with E-state index >= 15 is 0 Å². The third-order valence-corrected chi connectivity index (χ3v) is 6.77. The number of carbonyl (C=O) groups is 1. The van der Waals surface area contributed by atoms with Gasteiger partial charge >= 0.3 is 12.4 Å². The molecule has 1 aromatic heterocycles. The number of hydrogen-bond acceptors (Lipinski definition) is 3. The Labute approximate surface area is 222 Å². The van der Waals surface area contributed by atoms with Crippen LogP contribution in [0.3, 0.4) is 0 Å². The lowest BCUT2D eigenvalue weighted by Gasteiger charge is -2.26. The van der Waals surface area contributed by atoms with Crippen LogP contribution in [0.15, 0.2) is 47.4 Å². The van der Waals surface area contributed by atoms with Gasteiger partial charge in [0.05, 0.1) is 22.2 Å². The fraction of sp³-hybridized carbons (Fsp3) is 0.429. The van der Waals surface area contributed by atoms with Crippen LogP contribution < -0.4 is 15.6 Å². The van der Waals surface area contributed by atoms with Crippen LogP contribution in [0.2, 0.25) is 0 Å². The van der Waals surface area contributed by atoms with Crippen molar-refractivity contribution >= 4 is 28.2 Å². The van der Waals surface area contributed by atoms with Gasteiger partial charge in [0.25, 0.3) is 5.91 Å². The summed E-state index contributed by atoms with van der Waals surface area (Å²) in [6, 6.07) is 6.97. The lowest BCUT2D eigenvalue weighted by atomic mass is 10.0. The minimum Gasteiger partial charge on any atom is -0.366 e. The number of aromatic amines is 1. The van der Waals surface area contributed by atoms with Gasteiger partial charge in [0.1, 0.15) is 5.56 Å². The molecule has 2 aromatic carbocycles. The number of H-pyrrole nitrogens is 1. The predicted octanol–water partition coefficient (Wildman–Crippen LogP) is 8.00. The molecule has 5 rings (SSSR count). The highest BCUT2D eigenvalue weighted by atomic mass is 19.4. The van der Waals surface area contributed by atoms with Crippen LogP contribution in [0.25, 0.3) is 10.9 Å². The average molecular weight is 556 g/mol. The van der Waals surface area contributed by atoms with Crippen molar-refractivity contribution in [1.29, 1.82) is 0 Å². The first-order chi connectivity index (χ1) is 18.4. The molecule has 0 spiro atoms. The first-order valence-corrected chi connectivity index (χ1v) is 13.0. The molecular formula is C28H31F6N3O2. The van der Waals surface area contributed by atoms with Gasteiger partial charge < -0.3 is 15.2 Å². The fourth-order valence-electron chi connectivity index (χ4n) is 5.23. The highest BCUT2D eigenvalue weighted by Crippen LogP contribution is 2.44. The summed E-state index contributed by atoms with van der Waals surface area (Å²) in [5.74, 6) is -1.25. The summed E-state index contributed by atoms with van der Waals surface area (Å²) in [7, 11) is 0. The molecule has 5 nitrogen and oxygen atoms in total. The molecule has 2 N–H and O–H groups in total. The average Bonchev–Trinajstić information content (AvgIpc) is 3.51. The van der Waals surface area contributed by atoms with Gasteiger partial charge in [-0.1, -0.05) is 33.8 Å². The van der Waals surface area contributed by atoms with Gasteiger partial charge in [-0.3, -0.25) is 9.59 Å². The number of alkyl halides is 6. The topological polar surface area (TPSA) is 65.2 Å². The number of pyridine rings is 1. The van der Waals surface area contributed by atoms with Crippen molar-refractivity contribution in [3.8, 4) is 0 Å². The second-order valence-corrected chi connectivity index (χ2v) is 8.81. The van der Waals surface area contributed by atoms with Crippen molar-refractivity contribution in [2.24, 2.45) is 0 Å². The summed E-state index contributed by atoms with van der Waals surface area (Å²) >= 11 is 0. The predicted molar refractivity (Wildman–Crippen MR) is 140 cm³/mol. The molecule has 0 atom stereocenters. The summed E-state index contributed by atoms with van der Waals surface area (Å²) in [6.45, 7) is 8.00. The number of rotatable bonds is 3. The van der Waals surface area contributed by atoms with E-state index < -0.39 is 51.5 Å². The molecule has 3 aromatic rings. The van der Waals surface area contributed by atoms with Gasteiger partial charge in [0.15, 0.2) is 0 Å². The molecule has 39 heavy (non-hydrogen) atoms. The standard InChI is InChI=1S/C24H19F6N3O2.2C2H6/c25-23(26,27)16-2-1-3-19-20(16)21(34)15(11-31-19)22(35)32-18-9-8-14(10-17(18)24(28,29)30)33-12-4-5-13(33)7-6-12;2*1-2/h1-3,8-13H,4-7H2,(H,31,34)(H,32,35);2*1-2H3. The number of nitrogens with one attached hydrogen (secondary N) is 2. The molecule has 2 saturated heterocycles. The van der Waals surface area contributed by atoms with Crippen molar-refractivity contribution in [1.82, 2.24) is 4.98 Å². The molecule has 0 saturated carbocycles. The molecule has 0 unspecified atom stereocenters. The zero-order valence-corrected chi connectivity index (χ0v) is 22.1. The summed E-state index contributed by atoms with van der Waals surface area (Å²) < 4.78 is 81.9. The van der Waals surface area contributed by atoms with Crippen LogP contribution in [-0.2, 0) is 12.4 Å². The number of hydrogen-bond donors (Lipinski definition) is 2. The summed E-state index contributed by atoms with van der Waals surface area (Å²) in [5, 5.41) is 1.31. The van der Waals surface area contributed by atoms with E-state index in [0.29, 0.717) is 11.8 Å². The Morgan fingerprint density at radius 1 is 0.872 bits per heavy atom. The smallest absolute Gasteiger partial charge is 0.366 e. The molecule has 2 fully saturated rings. The fourth-order valence-corrected chi connectivity index (χ4v) is 5.23. The molecule has 2 aliphatic heterocycles. The van der Waals surface area contributed by atoms with Gasteiger partial charge in [-0.25, -0.2) is 0 Å². The van der Waals surface area contributed by atoms with Gasteiger partial charge in [-0.15, -0.1) is 0 Å². The lowest BCUT2D eigenvalue weighted by Crippen LogP contribution is -2.29. The largest absolute Gasteiger partial charge is 0.418 e. The Balaban J connectivity index is 0.00000100. The van der Waals surface area contributed by atoms with E-state index in [0.717, 1.165) is 50.1 Å². The van der Waals surface area contributed by atoms with E-state index in [2.05, 4.69) is 10.3 Å². The van der Waals surface area contributed by atoms with Crippen LogP contribution in [0.1, 0.15) is 74.9 Å². The van der Waals surface area contributed by atoms with Gasteiger partial charge in [-0.05, 0) is 56.0 Å². The van der Waals surface area contributed by atoms with Crippen LogP contribution >= 0.6 is 0 Å². The molecule has 11 heteroatoms. The zero-order chi connectivity index (χ0) is 29.1. The molecule has 1 amide bonds. The minimum atomic E-state index is -4.87. The normalized spacial score (nSPS) is 18.3. The zero-order valence-electron chi connectivity index (χ0n) is 22.1. The first-order valence-electron chi connectivity index (χ1n) is 13.0. The van der Waals surface area contributed by atoms with E-state index in [1.165, 1.54) is 12.1 Å². The van der Waals surface area contributed by atoms with Crippen molar-refractivity contribution in [3.63, 3.8) is 0 Å². The van der Waals surface area contributed by atoms with E-state index in [-0.39, 0.29) is 17.6 Å². The first kappa shape index (κ1) is 30.0. The summed E-state index contributed by atoms with van der Waals surface area (Å²) in [6.07, 6.45) is -5.13. The highest BCUT2D eigenvalue weighted by Gasteiger charge is 2.41. The van der Waals surface area contributed by atoms with Crippen molar-refractivity contribution in [3.05, 3.63) is 69.5 Å². The summed E-state index contributed by atoms with van der Waals surface area (Å²) in [4.78, 5) is 30.0. The Hall–Kier alpha value is -3.50. The van der Waals surface area contributed by atoms with Crippen LogP contribution in [0.4, 0.5) is 37.7 Å². The quantitative estimate of drug-likeness (QED) is 0.322. The number of carbonyl (C=O) groups excluding carboxylic acids is 1. The number of amides is 1. The molecule has 2 aliphatic rings. The summed E-state index contributed by atoms with van der Waals surface area (Å²) in [5.41, 5.74) is -4.64. The molecule has 0 aliphatic carbocycles. The van der Waals surface area contributed by atoms with Crippen molar-refractivity contribution in [2.75, 3.05) is 10.2 Å². The number of aromatic nitrogens is 1. The highest BCUT2D eigenvalue weighted by molar-refractivity contribution is 6.06. The van der Waals surface area contributed by atoms with E-state index in [4.69, 9.17) is 0 Å². The van der Waals surface area contributed by atoms with Crippen molar-refractivity contribution in [2.45, 2.75) is 77.8 Å². The number of halogens is 6. The molecule has 2 bridgehead atoms. The van der Waals surface area contributed by atoms with Crippen LogP contribution in [0, 0.1) is 0 Å². The number of nitrogens with zero attached hydrogens (tertiary/aromatic N) is 1. The Bertz CT molecular complexity index is 1360. The SMILES string of the molecule is CC.CC.O=C(Nc1ccc(N2C3CCC2CC3)cc1C(F)(F)F)c1c[nH]c2cccc(C(F)(F)F)c2c1=O. The Morgan fingerprint density at radius 3 is 1.97 bits per heavy atom.